The molecule has 8 nitrogen and oxygen atoms in total. The zero-order valence-corrected chi connectivity index (χ0v) is 20.5. The van der Waals surface area contributed by atoms with E-state index in [0.29, 0.717) is 22.3 Å². The molecule has 3 aromatic heterocycles. The first-order valence-electron chi connectivity index (χ1n) is 11.3. The van der Waals surface area contributed by atoms with Crippen LogP contribution in [-0.2, 0) is 9.47 Å². The predicted molar refractivity (Wildman–Crippen MR) is 126 cm³/mol. The predicted octanol–water partition coefficient (Wildman–Crippen LogP) is 6.06. The van der Waals surface area contributed by atoms with Crippen molar-refractivity contribution in [1.82, 2.24) is 19.9 Å². The monoisotopic (exact) mass is 484 g/mol. The highest BCUT2D eigenvalue weighted by Crippen LogP contribution is 2.43. The van der Waals surface area contributed by atoms with Gasteiger partial charge in [-0.15, -0.1) is 0 Å². The van der Waals surface area contributed by atoms with Crippen LogP contribution in [0.2, 0.25) is 5.02 Å². The van der Waals surface area contributed by atoms with Gasteiger partial charge in [0.25, 0.3) is 0 Å². The molecular formula is C25H29ClN4O4. The van der Waals surface area contributed by atoms with Gasteiger partial charge >= 0.3 is 6.09 Å². The molecule has 180 valence electrons. The number of amides is 1. The van der Waals surface area contributed by atoms with Gasteiger partial charge in [-0.2, -0.15) is 0 Å². The van der Waals surface area contributed by atoms with Crippen molar-refractivity contribution in [3.63, 3.8) is 0 Å². The molecule has 0 spiro atoms. The van der Waals surface area contributed by atoms with E-state index in [9.17, 15) is 4.79 Å². The molecule has 3 aromatic rings. The summed E-state index contributed by atoms with van der Waals surface area (Å²) in [5.41, 5.74) is 1.38. The van der Waals surface area contributed by atoms with Crippen LogP contribution in [0.1, 0.15) is 81.2 Å². The maximum Gasteiger partial charge on any atom is 0.411 e. The molecule has 4 heterocycles. The van der Waals surface area contributed by atoms with Crippen molar-refractivity contribution < 1.29 is 18.7 Å². The summed E-state index contributed by atoms with van der Waals surface area (Å²) in [6.45, 7) is 5.56. The number of pyridine rings is 2. The number of hydrogen-bond donors (Lipinski definition) is 0. The zero-order valence-electron chi connectivity index (χ0n) is 19.8. The van der Waals surface area contributed by atoms with Crippen molar-refractivity contribution in [2.24, 2.45) is 0 Å². The van der Waals surface area contributed by atoms with Gasteiger partial charge in [0.15, 0.2) is 6.10 Å². The number of rotatable bonds is 5. The van der Waals surface area contributed by atoms with Crippen molar-refractivity contribution in [2.75, 3.05) is 7.11 Å². The number of ether oxygens (including phenoxy) is 2. The standard InChI is InChI=1S/C25H29ClN4O4/c1-25(2,3)34-24(31)30-19(11-6-12-20(30)21-16(26)8-7-13-27-21)17-9-5-10-18(29-17)22(32-4)23-28-14-15-33-23/h5,7-10,13-15,19-20,22H,6,11-12H2,1-4H3. The minimum atomic E-state index is -0.654. The average Bonchev–Trinajstić information content (AvgIpc) is 3.33. The van der Waals surface area contributed by atoms with E-state index in [4.69, 9.17) is 30.5 Å². The Hall–Kier alpha value is -2.97. The molecule has 3 atom stereocenters. The molecule has 34 heavy (non-hydrogen) atoms. The Bertz CT molecular complexity index is 1120. The van der Waals surface area contributed by atoms with Crippen molar-refractivity contribution in [3.8, 4) is 0 Å². The number of halogens is 1. The van der Waals surface area contributed by atoms with E-state index >= 15 is 0 Å². The van der Waals surface area contributed by atoms with Crippen molar-refractivity contribution in [3.05, 3.63) is 77.0 Å². The molecule has 1 fully saturated rings. The smallest absolute Gasteiger partial charge is 0.411 e. The Morgan fingerprint density at radius 3 is 2.62 bits per heavy atom. The van der Waals surface area contributed by atoms with Gasteiger partial charge in [0.2, 0.25) is 5.89 Å². The number of carbonyl (C=O) groups excluding carboxylic acids is 1. The van der Waals surface area contributed by atoms with E-state index < -0.39 is 17.8 Å². The summed E-state index contributed by atoms with van der Waals surface area (Å²) in [7, 11) is 1.58. The van der Waals surface area contributed by atoms with Crippen LogP contribution in [0, 0.1) is 0 Å². The van der Waals surface area contributed by atoms with Gasteiger partial charge in [0.05, 0.1) is 40.4 Å². The lowest BCUT2D eigenvalue weighted by atomic mass is 9.91. The number of hydrogen-bond acceptors (Lipinski definition) is 7. The summed E-state index contributed by atoms with van der Waals surface area (Å²) in [6.07, 6.45) is 6.10. The summed E-state index contributed by atoms with van der Waals surface area (Å²) in [5.74, 6) is 0.415. The van der Waals surface area contributed by atoms with E-state index in [1.54, 1.807) is 36.5 Å². The van der Waals surface area contributed by atoms with Gasteiger partial charge in [-0.3, -0.25) is 14.9 Å². The first-order chi connectivity index (χ1) is 16.3. The number of oxazole rings is 1. The normalized spacial score (nSPS) is 19.6. The number of carbonyl (C=O) groups is 1. The molecule has 0 N–H and O–H groups in total. The second-order valence-electron chi connectivity index (χ2n) is 9.19. The molecule has 1 saturated heterocycles. The van der Waals surface area contributed by atoms with Crippen molar-refractivity contribution in [2.45, 2.75) is 63.8 Å². The summed E-state index contributed by atoms with van der Waals surface area (Å²) < 4.78 is 16.9. The van der Waals surface area contributed by atoms with Crippen LogP contribution in [0.15, 0.2) is 53.4 Å². The summed E-state index contributed by atoms with van der Waals surface area (Å²) in [5, 5.41) is 0.520. The van der Waals surface area contributed by atoms with E-state index in [1.165, 1.54) is 6.26 Å². The minimum Gasteiger partial charge on any atom is -0.446 e. The Morgan fingerprint density at radius 2 is 1.94 bits per heavy atom. The Morgan fingerprint density at radius 1 is 1.15 bits per heavy atom. The summed E-state index contributed by atoms with van der Waals surface area (Å²) >= 11 is 6.51. The molecular weight excluding hydrogens is 456 g/mol. The van der Waals surface area contributed by atoms with Crippen LogP contribution in [0.5, 0.6) is 0 Å². The number of aromatic nitrogens is 3. The van der Waals surface area contributed by atoms with Crippen LogP contribution in [0.3, 0.4) is 0 Å². The third-order valence-corrected chi connectivity index (χ3v) is 5.97. The number of methoxy groups -OCH3 is 1. The highest BCUT2D eigenvalue weighted by molar-refractivity contribution is 6.31. The highest BCUT2D eigenvalue weighted by atomic mass is 35.5. The second-order valence-corrected chi connectivity index (χ2v) is 9.60. The number of nitrogens with zero attached hydrogens (tertiary/aromatic N) is 4. The first-order valence-corrected chi connectivity index (χ1v) is 11.7. The van der Waals surface area contributed by atoms with E-state index in [-0.39, 0.29) is 12.1 Å². The van der Waals surface area contributed by atoms with Crippen LogP contribution in [0.4, 0.5) is 4.79 Å². The maximum absolute atomic E-state index is 13.5. The topological polar surface area (TPSA) is 90.6 Å². The van der Waals surface area contributed by atoms with Gasteiger partial charge in [-0.05, 0) is 64.3 Å². The Kier molecular flexibility index (Phi) is 7.19. The molecule has 0 aliphatic carbocycles. The lowest BCUT2D eigenvalue weighted by Crippen LogP contribution is -2.44. The fourth-order valence-electron chi connectivity index (χ4n) is 4.28. The molecule has 0 aromatic carbocycles. The van der Waals surface area contributed by atoms with Gasteiger partial charge in [-0.25, -0.2) is 9.78 Å². The summed E-state index contributed by atoms with van der Waals surface area (Å²) in [6, 6.07) is 8.58. The minimum absolute atomic E-state index is 0.325. The third kappa shape index (κ3) is 5.23. The second kappa shape index (κ2) is 10.1. The molecule has 0 radical (unpaired) electrons. The molecule has 0 bridgehead atoms. The zero-order chi connectivity index (χ0) is 24.3. The van der Waals surface area contributed by atoms with Crippen LogP contribution < -0.4 is 0 Å². The Balaban J connectivity index is 1.74. The van der Waals surface area contributed by atoms with Gasteiger partial charge in [-0.1, -0.05) is 17.7 Å². The Labute approximate surface area is 204 Å². The van der Waals surface area contributed by atoms with Crippen LogP contribution in [-0.4, -0.2) is 38.7 Å². The first kappa shape index (κ1) is 24.2. The fourth-order valence-corrected chi connectivity index (χ4v) is 4.53. The quantitative estimate of drug-likeness (QED) is 0.434. The average molecular weight is 485 g/mol. The third-order valence-electron chi connectivity index (χ3n) is 5.65. The SMILES string of the molecule is COC(c1cccc(C2CCCC(c3ncccc3Cl)N2C(=O)OC(C)(C)C)n1)c1ncco1. The van der Waals surface area contributed by atoms with E-state index in [2.05, 4.69) is 9.97 Å². The number of piperidine rings is 1. The number of likely N-dealkylation sites (tertiary alicyclic amines) is 1. The van der Waals surface area contributed by atoms with Gasteiger partial charge < -0.3 is 13.9 Å². The summed E-state index contributed by atoms with van der Waals surface area (Å²) in [4.78, 5) is 28.8. The molecule has 9 heteroatoms. The van der Waals surface area contributed by atoms with Crippen molar-refractivity contribution in [1.29, 1.82) is 0 Å². The molecule has 1 amide bonds. The van der Waals surface area contributed by atoms with Gasteiger partial charge in [0, 0.05) is 13.3 Å². The maximum atomic E-state index is 13.5. The lowest BCUT2D eigenvalue weighted by molar-refractivity contribution is -0.00803. The molecule has 3 unspecified atom stereocenters. The fraction of sp³-hybridized carbons (Fsp3) is 0.440. The highest BCUT2D eigenvalue weighted by Gasteiger charge is 2.40. The molecule has 1 aliphatic rings. The molecule has 0 saturated carbocycles. The van der Waals surface area contributed by atoms with Crippen molar-refractivity contribution >= 4 is 17.7 Å². The van der Waals surface area contributed by atoms with Crippen LogP contribution in [0.25, 0.3) is 0 Å². The molecule has 1 aliphatic heterocycles. The molecule has 4 rings (SSSR count). The van der Waals surface area contributed by atoms with E-state index in [0.717, 1.165) is 25.0 Å². The van der Waals surface area contributed by atoms with E-state index in [1.807, 2.05) is 39.0 Å². The van der Waals surface area contributed by atoms with Crippen LogP contribution >= 0.6 is 11.6 Å². The lowest BCUT2D eigenvalue weighted by Gasteiger charge is -2.42. The largest absolute Gasteiger partial charge is 0.446 e. The van der Waals surface area contributed by atoms with Gasteiger partial charge in [0.1, 0.15) is 11.9 Å².